The molecule has 1 aliphatic heterocycles. The van der Waals surface area contributed by atoms with Gasteiger partial charge in [0, 0.05) is 24.7 Å². The van der Waals surface area contributed by atoms with E-state index in [1.165, 1.54) is 0 Å². The van der Waals surface area contributed by atoms with E-state index < -0.39 is 0 Å². The van der Waals surface area contributed by atoms with Crippen LogP contribution in [0.3, 0.4) is 0 Å². The van der Waals surface area contributed by atoms with E-state index in [-0.39, 0.29) is 23.9 Å². The number of nitrogens with one attached hydrogen (secondary N) is 1. The van der Waals surface area contributed by atoms with Gasteiger partial charge in [0.25, 0.3) is 0 Å². The summed E-state index contributed by atoms with van der Waals surface area (Å²) >= 11 is 0. The van der Waals surface area contributed by atoms with Gasteiger partial charge in [-0.2, -0.15) is 0 Å². The van der Waals surface area contributed by atoms with Crippen molar-refractivity contribution in [3.63, 3.8) is 0 Å². The van der Waals surface area contributed by atoms with Gasteiger partial charge < -0.3 is 16.8 Å². The molecule has 2 aliphatic rings. The zero-order valence-electron chi connectivity index (χ0n) is 14.6. The van der Waals surface area contributed by atoms with Gasteiger partial charge in [-0.3, -0.25) is 14.5 Å². The molecule has 0 radical (unpaired) electrons. The lowest BCUT2D eigenvalue weighted by molar-refractivity contribution is -0.122. The number of likely N-dealkylation sites (tertiary alicyclic amines) is 1. The molecule has 2 amide bonds. The highest BCUT2D eigenvalue weighted by Crippen LogP contribution is 2.27. The molecular formula is C19H28N4O2. The molecule has 3 atom stereocenters. The van der Waals surface area contributed by atoms with Crippen molar-refractivity contribution < 1.29 is 9.59 Å². The van der Waals surface area contributed by atoms with E-state index in [4.69, 9.17) is 11.5 Å². The molecular weight excluding hydrogens is 316 g/mol. The second kappa shape index (κ2) is 7.97. The average Bonchev–Trinajstić information content (AvgIpc) is 3.17. The lowest BCUT2D eigenvalue weighted by Gasteiger charge is -2.22. The second-order valence-electron chi connectivity index (χ2n) is 7.34. The Balaban J connectivity index is 1.57. The van der Waals surface area contributed by atoms with Gasteiger partial charge in [-0.25, -0.2) is 0 Å². The van der Waals surface area contributed by atoms with Gasteiger partial charge in [-0.1, -0.05) is 18.6 Å². The number of primary amides is 1. The van der Waals surface area contributed by atoms with Crippen molar-refractivity contribution in [1.29, 1.82) is 0 Å². The molecule has 6 heteroatoms. The van der Waals surface area contributed by atoms with Crippen LogP contribution in [0.5, 0.6) is 0 Å². The Labute approximate surface area is 148 Å². The van der Waals surface area contributed by atoms with Gasteiger partial charge in [0.05, 0.1) is 6.04 Å². The number of carbonyl (C=O) groups excluding carboxylic acids is 2. The molecule has 0 bridgehead atoms. The van der Waals surface area contributed by atoms with Crippen LogP contribution in [-0.2, 0) is 16.1 Å². The van der Waals surface area contributed by atoms with Crippen molar-refractivity contribution in [3.8, 4) is 0 Å². The Kier molecular flexibility index (Phi) is 5.71. The molecule has 25 heavy (non-hydrogen) atoms. The molecule has 6 nitrogen and oxygen atoms in total. The fourth-order valence-corrected chi connectivity index (χ4v) is 4.09. The molecule has 1 aromatic carbocycles. The van der Waals surface area contributed by atoms with Crippen molar-refractivity contribution in [1.82, 2.24) is 4.90 Å². The van der Waals surface area contributed by atoms with Gasteiger partial charge in [0.2, 0.25) is 11.8 Å². The zero-order valence-corrected chi connectivity index (χ0v) is 14.6. The SMILES string of the molecule is NC(=O)C1CCCN1Cc1cccc(NC(=O)C[C@@H]2CCC[C@H]2N)c1. The standard InChI is InChI=1S/C19H28N4O2/c20-16-7-2-5-14(16)11-18(24)22-15-6-1-4-13(10-15)12-23-9-3-8-17(23)19(21)25/h1,4,6,10,14,16-17H,2-3,5,7-9,11-12,20H2,(H2,21,25)(H,22,24)/t14-,16+,17?/m0/s1. The molecule has 1 unspecified atom stereocenters. The summed E-state index contributed by atoms with van der Waals surface area (Å²) in [7, 11) is 0. The molecule has 3 rings (SSSR count). The van der Waals surface area contributed by atoms with Crippen LogP contribution in [0.1, 0.15) is 44.1 Å². The minimum Gasteiger partial charge on any atom is -0.368 e. The summed E-state index contributed by atoms with van der Waals surface area (Å²) in [6.45, 7) is 1.55. The molecule has 0 spiro atoms. The first kappa shape index (κ1) is 17.9. The Hall–Kier alpha value is -1.92. The zero-order chi connectivity index (χ0) is 17.8. The van der Waals surface area contributed by atoms with Crippen LogP contribution in [0, 0.1) is 5.92 Å². The summed E-state index contributed by atoms with van der Waals surface area (Å²) in [5, 5.41) is 2.98. The monoisotopic (exact) mass is 344 g/mol. The van der Waals surface area contributed by atoms with E-state index in [9.17, 15) is 9.59 Å². The summed E-state index contributed by atoms with van der Waals surface area (Å²) in [5.74, 6) is 0.0645. The Morgan fingerprint density at radius 1 is 1.20 bits per heavy atom. The maximum Gasteiger partial charge on any atom is 0.234 e. The maximum absolute atomic E-state index is 12.3. The van der Waals surface area contributed by atoms with E-state index in [1.807, 2.05) is 24.3 Å². The van der Waals surface area contributed by atoms with E-state index in [1.54, 1.807) is 0 Å². The minimum atomic E-state index is -0.255. The van der Waals surface area contributed by atoms with Gasteiger partial charge in [-0.15, -0.1) is 0 Å². The van der Waals surface area contributed by atoms with Crippen LogP contribution in [0.4, 0.5) is 5.69 Å². The van der Waals surface area contributed by atoms with Gasteiger partial charge in [-0.05, 0) is 55.8 Å². The lowest BCUT2D eigenvalue weighted by atomic mass is 10.00. The fourth-order valence-electron chi connectivity index (χ4n) is 4.09. The van der Waals surface area contributed by atoms with Crippen LogP contribution >= 0.6 is 0 Å². The molecule has 1 saturated carbocycles. The number of nitrogens with zero attached hydrogens (tertiary/aromatic N) is 1. The first-order valence-electron chi connectivity index (χ1n) is 9.20. The third kappa shape index (κ3) is 4.58. The molecule has 1 saturated heterocycles. The van der Waals surface area contributed by atoms with E-state index in [0.717, 1.165) is 49.9 Å². The summed E-state index contributed by atoms with van der Waals surface area (Å²) in [4.78, 5) is 25.9. The number of rotatable bonds is 6. The molecule has 136 valence electrons. The maximum atomic E-state index is 12.3. The first-order chi connectivity index (χ1) is 12.0. The van der Waals surface area contributed by atoms with Gasteiger partial charge >= 0.3 is 0 Å². The summed E-state index contributed by atoms with van der Waals surface area (Å²) in [6.07, 6.45) is 5.48. The smallest absolute Gasteiger partial charge is 0.234 e. The third-order valence-electron chi connectivity index (χ3n) is 5.45. The Morgan fingerprint density at radius 2 is 2.04 bits per heavy atom. The van der Waals surface area contributed by atoms with Crippen molar-refractivity contribution in [2.75, 3.05) is 11.9 Å². The number of hydrogen-bond acceptors (Lipinski definition) is 4. The van der Waals surface area contributed by atoms with E-state index >= 15 is 0 Å². The number of carbonyl (C=O) groups is 2. The van der Waals surface area contributed by atoms with Crippen LogP contribution in [0.25, 0.3) is 0 Å². The van der Waals surface area contributed by atoms with Crippen LogP contribution in [0.15, 0.2) is 24.3 Å². The highest BCUT2D eigenvalue weighted by molar-refractivity contribution is 5.91. The van der Waals surface area contributed by atoms with Crippen LogP contribution < -0.4 is 16.8 Å². The highest BCUT2D eigenvalue weighted by atomic mass is 16.2. The third-order valence-corrected chi connectivity index (χ3v) is 5.45. The Bertz CT molecular complexity index is 634. The second-order valence-corrected chi connectivity index (χ2v) is 7.34. The van der Waals surface area contributed by atoms with E-state index in [0.29, 0.717) is 18.9 Å². The molecule has 1 aromatic rings. The fraction of sp³-hybridized carbons (Fsp3) is 0.579. The predicted molar refractivity (Wildman–Crippen MR) is 97.6 cm³/mol. The summed E-state index contributed by atoms with van der Waals surface area (Å²) < 4.78 is 0. The van der Waals surface area contributed by atoms with Crippen molar-refractivity contribution in [3.05, 3.63) is 29.8 Å². The molecule has 1 aliphatic carbocycles. The van der Waals surface area contributed by atoms with Crippen molar-refractivity contribution >= 4 is 17.5 Å². The lowest BCUT2D eigenvalue weighted by Crippen LogP contribution is -2.39. The van der Waals surface area contributed by atoms with Crippen molar-refractivity contribution in [2.45, 2.75) is 57.2 Å². The summed E-state index contributed by atoms with van der Waals surface area (Å²) in [6, 6.07) is 7.79. The highest BCUT2D eigenvalue weighted by Gasteiger charge is 2.29. The molecule has 1 heterocycles. The van der Waals surface area contributed by atoms with Crippen molar-refractivity contribution in [2.24, 2.45) is 17.4 Å². The Morgan fingerprint density at radius 3 is 2.76 bits per heavy atom. The minimum absolute atomic E-state index is 0.0238. The van der Waals surface area contributed by atoms with Crippen LogP contribution in [-0.4, -0.2) is 35.3 Å². The number of benzene rings is 1. The molecule has 5 N–H and O–H groups in total. The van der Waals surface area contributed by atoms with E-state index in [2.05, 4.69) is 10.2 Å². The quantitative estimate of drug-likeness (QED) is 0.729. The number of anilines is 1. The normalized spacial score (nSPS) is 26.7. The van der Waals surface area contributed by atoms with Crippen LogP contribution in [0.2, 0.25) is 0 Å². The molecule has 0 aromatic heterocycles. The number of hydrogen-bond donors (Lipinski definition) is 3. The van der Waals surface area contributed by atoms with Gasteiger partial charge in [0.1, 0.15) is 0 Å². The topological polar surface area (TPSA) is 101 Å². The first-order valence-corrected chi connectivity index (χ1v) is 9.20. The van der Waals surface area contributed by atoms with Gasteiger partial charge in [0.15, 0.2) is 0 Å². The predicted octanol–water partition coefficient (Wildman–Crippen LogP) is 1.59. The molecule has 2 fully saturated rings. The number of amides is 2. The summed E-state index contributed by atoms with van der Waals surface area (Å²) in [5.41, 5.74) is 13.4. The largest absolute Gasteiger partial charge is 0.368 e. The average molecular weight is 344 g/mol. The number of nitrogens with two attached hydrogens (primary N) is 2.